The average Bonchev–Trinajstić information content (AvgIpc) is 2.58. The lowest BCUT2D eigenvalue weighted by atomic mass is 10.1. The van der Waals surface area contributed by atoms with E-state index < -0.39 is 0 Å². The van der Waals surface area contributed by atoms with Gasteiger partial charge in [-0.1, -0.05) is 0 Å². The van der Waals surface area contributed by atoms with Crippen LogP contribution >= 0.6 is 0 Å². The lowest BCUT2D eigenvalue weighted by molar-refractivity contribution is -0.117. The standard InChI is InChI=1S/C13H25N3O/c1-11-10-15-12(2)13(11)6-5-7-14-8-9-17-16(3)4/h10,14-15H,5-9H2,1-4H3. The number of hydrogen-bond acceptors (Lipinski definition) is 3. The number of rotatable bonds is 8. The van der Waals surface area contributed by atoms with E-state index in [1.807, 2.05) is 14.1 Å². The summed E-state index contributed by atoms with van der Waals surface area (Å²) in [5.41, 5.74) is 4.15. The number of nitrogens with one attached hydrogen (secondary N) is 2. The van der Waals surface area contributed by atoms with Crippen LogP contribution < -0.4 is 5.32 Å². The van der Waals surface area contributed by atoms with Crippen LogP contribution in [0.25, 0.3) is 0 Å². The molecule has 98 valence electrons. The summed E-state index contributed by atoms with van der Waals surface area (Å²) in [7, 11) is 3.80. The third-order valence-electron chi connectivity index (χ3n) is 2.84. The van der Waals surface area contributed by atoms with Crippen molar-refractivity contribution in [2.45, 2.75) is 26.7 Å². The van der Waals surface area contributed by atoms with Crippen molar-refractivity contribution in [1.29, 1.82) is 0 Å². The van der Waals surface area contributed by atoms with Gasteiger partial charge in [0.1, 0.15) is 0 Å². The fourth-order valence-electron chi connectivity index (χ4n) is 1.89. The molecule has 0 aliphatic carbocycles. The van der Waals surface area contributed by atoms with Crippen LogP contribution in [0.3, 0.4) is 0 Å². The molecule has 0 fully saturated rings. The van der Waals surface area contributed by atoms with Gasteiger partial charge in [0, 0.05) is 32.5 Å². The van der Waals surface area contributed by atoms with E-state index in [1.165, 1.54) is 23.2 Å². The van der Waals surface area contributed by atoms with Gasteiger partial charge in [0.2, 0.25) is 0 Å². The molecule has 0 spiro atoms. The third kappa shape index (κ3) is 5.35. The predicted molar refractivity (Wildman–Crippen MR) is 71.1 cm³/mol. The molecule has 0 saturated carbocycles. The number of aryl methyl sites for hydroxylation is 2. The summed E-state index contributed by atoms with van der Waals surface area (Å²) in [6.45, 7) is 6.98. The van der Waals surface area contributed by atoms with E-state index in [-0.39, 0.29) is 0 Å². The van der Waals surface area contributed by atoms with E-state index in [1.54, 1.807) is 5.06 Å². The number of hydroxylamine groups is 2. The van der Waals surface area contributed by atoms with Crippen molar-refractivity contribution in [3.05, 3.63) is 23.0 Å². The molecule has 0 aliphatic rings. The Kier molecular flexibility index (Phi) is 6.26. The quantitative estimate of drug-likeness (QED) is 0.535. The Balaban J connectivity index is 2.05. The molecule has 4 nitrogen and oxygen atoms in total. The van der Waals surface area contributed by atoms with Crippen LogP contribution in [0.5, 0.6) is 0 Å². The van der Waals surface area contributed by atoms with Crippen LogP contribution in [0, 0.1) is 13.8 Å². The molecule has 0 aliphatic heterocycles. The topological polar surface area (TPSA) is 40.3 Å². The molecule has 4 heteroatoms. The van der Waals surface area contributed by atoms with E-state index in [2.05, 4.69) is 30.3 Å². The number of aromatic nitrogens is 1. The summed E-state index contributed by atoms with van der Waals surface area (Å²) in [6.07, 6.45) is 4.40. The van der Waals surface area contributed by atoms with E-state index in [0.29, 0.717) is 0 Å². The maximum atomic E-state index is 5.30. The Bertz CT molecular complexity index is 301. The first-order valence-electron chi connectivity index (χ1n) is 6.25. The van der Waals surface area contributed by atoms with Crippen LogP contribution in [0.15, 0.2) is 6.20 Å². The average molecular weight is 239 g/mol. The molecule has 0 unspecified atom stereocenters. The van der Waals surface area contributed by atoms with Gasteiger partial charge in [-0.25, -0.2) is 0 Å². The number of hydrogen-bond donors (Lipinski definition) is 2. The van der Waals surface area contributed by atoms with Gasteiger partial charge in [-0.2, -0.15) is 5.06 Å². The number of H-pyrrole nitrogens is 1. The highest BCUT2D eigenvalue weighted by atomic mass is 16.7. The first-order chi connectivity index (χ1) is 8.11. The first kappa shape index (κ1) is 14.2. The Morgan fingerprint density at radius 3 is 2.65 bits per heavy atom. The Labute approximate surface area is 104 Å². The zero-order valence-corrected chi connectivity index (χ0v) is 11.5. The minimum absolute atomic E-state index is 0.731. The maximum Gasteiger partial charge on any atom is 0.0809 e. The lowest BCUT2D eigenvalue weighted by Gasteiger charge is -2.10. The van der Waals surface area contributed by atoms with Crippen molar-refractivity contribution in [3.63, 3.8) is 0 Å². The Hall–Kier alpha value is -0.840. The van der Waals surface area contributed by atoms with E-state index in [4.69, 9.17) is 4.84 Å². The molecule has 2 N–H and O–H groups in total. The SMILES string of the molecule is Cc1c[nH]c(C)c1CCCNCCON(C)C. The highest BCUT2D eigenvalue weighted by molar-refractivity contribution is 5.28. The van der Waals surface area contributed by atoms with Crippen LogP contribution in [-0.4, -0.2) is 43.8 Å². The number of nitrogens with zero attached hydrogens (tertiary/aromatic N) is 1. The molecular weight excluding hydrogens is 214 g/mol. The van der Waals surface area contributed by atoms with Crippen molar-refractivity contribution in [1.82, 2.24) is 15.4 Å². The van der Waals surface area contributed by atoms with Crippen molar-refractivity contribution in [2.24, 2.45) is 0 Å². The highest BCUT2D eigenvalue weighted by Gasteiger charge is 2.03. The summed E-state index contributed by atoms with van der Waals surface area (Å²) < 4.78 is 0. The smallest absolute Gasteiger partial charge is 0.0809 e. The summed E-state index contributed by atoms with van der Waals surface area (Å²) >= 11 is 0. The van der Waals surface area contributed by atoms with Gasteiger partial charge in [-0.3, -0.25) is 4.84 Å². The summed E-state index contributed by atoms with van der Waals surface area (Å²) in [6, 6.07) is 0. The minimum Gasteiger partial charge on any atom is -0.365 e. The molecule has 0 atom stereocenters. The zero-order valence-electron chi connectivity index (χ0n) is 11.5. The van der Waals surface area contributed by atoms with Crippen molar-refractivity contribution < 1.29 is 4.84 Å². The Morgan fingerprint density at radius 2 is 2.06 bits per heavy atom. The molecule has 0 aromatic carbocycles. The first-order valence-corrected chi connectivity index (χ1v) is 6.25. The monoisotopic (exact) mass is 239 g/mol. The van der Waals surface area contributed by atoms with Gasteiger partial charge in [-0.05, 0) is 44.4 Å². The second kappa shape index (κ2) is 7.48. The van der Waals surface area contributed by atoms with E-state index in [9.17, 15) is 0 Å². The lowest BCUT2D eigenvalue weighted by Crippen LogP contribution is -2.24. The molecule has 1 heterocycles. The summed E-state index contributed by atoms with van der Waals surface area (Å²) in [5, 5.41) is 5.11. The van der Waals surface area contributed by atoms with Gasteiger partial charge in [-0.15, -0.1) is 0 Å². The maximum absolute atomic E-state index is 5.30. The zero-order chi connectivity index (χ0) is 12.7. The van der Waals surface area contributed by atoms with Crippen molar-refractivity contribution in [3.8, 4) is 0 Å². The molecular formula is C13H25N3O. The van der Waals surface area contributed by atoms with E-state index in [0.717, 1.165) is 26.1 Å². The molecule has 0 bridgehead atoms. The Morgan fingerprint density at radius 1 is 1.29 bits per heavy atom. The molecule has 0 saturated heterocycles. The second-order valence-electron chi connectivity index (χ2n) is 4.57. The van der Waals surface area contributed by atoms with Crippen LogP contribution in [0.4, 0.5) is 0 Å². The van der Waals surface area contributed by atoms with Crippen molar-refractivity contribution >= 4 is 0 Å². The van der Waals surface area contributed by atoms with Gasteiger partial charge in [0.05, 0.1) is 6.61 Å². The fourth-order valence-corrected chi connectivity index (χ4v) is 1.89. The number of aromatic amines is 1. The fraction of sp³-hybridized carbons (Fsp3) is 0.692. The molecule has 1 aromatic heterocycles. The molecule has 1 rings (SSSR count). The predicted octanol–water partition coefficient (Wildman–Crippen LogP) is 1.65. The van der Waals surface area contributed by atoms with Gasteiger partial charge in [0.15, 0.2) is 0 Å². The minimum atomic E-state index is 0.731. The van der Waals surface area contributed by atoms with Crippen molar-refractivity contribution in [2.75, 3.05) is 33.8 Å². The molecule has 17 heavy (non-hydrogen) atoms. The molecule has 1 aromatic rings. The van der Waals surface area contributed by atoms with Gasteiger partial charge >= 0.3 is 0 Å². The summed E-state index contributed by atoms with van der Waals surface area (Å²) in [5.74, 6) is 0. The van der Waals surface area contributed by atoms with Crippen LogP contribution in [0.1, 0.15) is 23.2 Å². The van der Waals surface area contributed by atoms with Gasteiger partial charge < -0.3 is 10.3 Å². The normalized spacial score (nSPS) is 11.4. The van der Waals surface area contributed by atoms with Crippen LogP contribution in [0.2, 0.25) is 0 Å². The molecule has 0 amide bonds. The largest absolute Gasteiger partial charge is 0.365 e. The van der Waals surface area contributed by atoms with E-state index >= 15 is 0 Å². The third-order valence-corrected chi connectivity index (χ3v) is 2.84. The van der Waals surface area contributed by atoms with Gasteiger partial charge in [0.25, 0.3) is 0 Å². The highest BCUT2D eigenvalue weighted by Crippen LogP contribution is 2.13. The second-order valence-corrected chi connectivity index (χ2v) is 4.57. The van der Waals surface area contributed by atoms with Crippen LogP contribution in [-0.2, 0) is 11.3 Å². The molecule has 0 radical (unpaired) electrons. The summed E-state index contributed by atoms with van der Waals surface area (Å²) in [4.78, 5) is 8.56.